The summed E-state index contributed by atoms with van der Waals surface area (Å²) in [4.78, 5) is 21.9. The molecule has 2 aromatic heterocycles. The third-order valence-electron chi connectivity index (χ3n) is 4.15. The van der Waals surface area contributed by atoms with Gasteiger partial charge in [-0.25, -0.2) is 9.97 Å². The van der Waals surface area contributed by atoms with Gasteiger partial charge in [0.2, 0.25) is 5.78 Å². The third kappa shape index (κ3) is 3.42. The summed E-state index contributed by atoms with van der Waals surface area (Å²) in [5.74, 6) is 1.25. The van der Waals surface area contributed by atoms with Gasteiger partial charge in [0.25, 0.3) is 0 Å². The first-order valence-corrected chi connectivity index (χ1v) is 10.2. The number of ether oxygens (including phenoxy) is 2. The van der Waals surface area contributed by atoms with Crippen LogP contribution < -0.4 is 9.47 Å². The molecule has 0 fully saturated rings. The van der Waals surface area contributed by atoms with E-state index in [-0.39, 0.29) is 5.78 Å². The van der Waals surface area contributed by atoms with Crippen LogP contribution in [0.25, 0.3) is 21.1 Å². The SMILES string of the molecule is COc1ccccc1-c1nc(C(=O)c2csc(-c3ccccc3OC)n2)cs1. The van der Waals surface area contributed by atoms with Crippen molar-refractivity contribution in [1.29, 1.82) is 0 Å². The predicted molar refractivity (Wildman–Crippen MR) is 112 cm³/mol. The molecular formula is C21H16N2O3S2. The zero-order valence-corrected chi connectivity index (χ0v) is 16.8. The standard InChI is InChI=1S/C21H16N2O3S2/c1-25-17-9-5-3-7-13(17)20-22-15(11-27-20)19(24)16-12-28-21(23-16)14-8-4-6-10-18(14)26-2/h3-12H,1-2H3. The summed E-state index contributed by atoms with van der Waals surface area (Å²) < 4.78 is 10.8. The topological polar surface area (TPSA) is 61.3 Å². The molecule has 4 aromatic rings. The molecule has 0 spiro atoms. The van der Waals surface area contributed by atoms with E-state index in [2.05, 4.69) is 9.97 Å². The molecule has 0 aliphatic carbocycles. The van der Waals surface area contributed by atoms with Crippen molar-refractivity contribution in [2.45, 2.75) is 0 Å². The third-order valence-corrected chi connectivity index (χ3v) is 5.90. The van der Waals surface area contributed by atoms with Crippen molar-refractivity contribution in [3.8, 4) is 32.6 Å². The second-order valence-corrected chi connectivity index (χ2v) is 7.52. The van der Waals surface area contributed by atoms with Crippen LogP contribution in [0.15, 0.2) is 59.3 Å². The molecule has 0 saturated heterocycles. The Bertz CT molecular complexity index is 1050. The fraction of sp³-hybridized carbons (Fsp3) is 0.0952. The van der Waals surface area contributed by atoms with E-state index in [9.17, 15) is 4.79 Å². The van der Waals surface area contributed by atoms with E-state index in [1.807, 2.05) is 48.5 Å². The monoisotopic (exact) mass is 408 g/mol. The van der Waals surface area contributed by atoms with E-state index >= 15 is 0 Å². The summed E-state index contributed by atoms with van der Waals surface area (Å²) in [5.41, 5.74) is 2.48. The predicted octanol–water partition coefficient (Wildman–Crippen LogP) is 5.18. The van der Waals surface area contributed by atoms with Crippen LogP contribution in [0.3, 0.4) is 0 Å². The van der Waals surface area contributed by atoms with Crippen LogP contribution in [0.5, 0.6) is 11.5 Å². The van der Waals surface area contributed by atoms with Crippen molar-refractivity contribution in [3.05, 3.63) is 70.7 Å². The molecule has 0 unspecified atom stereocenters. The summed E-state index contributed by atoms with van der Waals surface area (Å²) in [6.45, 7) is 0. The highest BCUT2D eigenvalue weighted by molar-refractivity contribution is 7.14. The number of nitrogens with zero attached hydrogens (tertiary/aromatic N) is 2. The molecular weight excluding hydrogens is 392 g/mol. The van der Waals surface area contributed by atoms with Crippen LogP contribution in [0.1, 0.15) is 16.2 Å². The lowest BCUT2D eigenvalue weighted by atomic mass is 10.2. The number of aromatic nitrogens is 2. The Kier molecular flexibility index (Phi) is 5.18. The number of carbonyl (C=O) groups excluding carboxylic acids is 1. The van der Waals surface area contributed by atoms with Gasteiger partial charge in [0, 0.05) is 10.8 Å². The Morgan fingerprint density at radius 3 is 1.61 bits per heavy atom. The van der Waals surface area contributed by atoms with E-state index in [4.69, 9.17) is 9.47 Å². The Hall–Kier alpha value is -3.03. The molecule has 0 bridgehead atoms. The lowest BCUT2D eigenvalue weighted by Gasteiger charge is -2.04. The quantitative estimate of drug-likeness (QED) is 0.411. The number of hydrogen-bond acceptors (Lipinski definition) is 7. The fourth-order valence-electron chi connectivity index (χ4n) is 2.78. The van der Waals surface area contributed by atoms with Crippen LogP contribution in [0, 0.1) is 0 Å². The molecule has 5 nitrogen and oxygen atoms in total. The van der Waals surface area contributed by atoms with Gasteiger partial charge >= 0.3 is 0 Å². The van der Waals surface area contributed by atoms with Crippen molar-refractivity contribution in [2.24, 2.45) is 0 Å². The van der Waals surface area contributed by atoms with Crippen molar-refractivity contribution in [2.75, 3.05) is 14.2 Å². The lowest BCUT2D eigenvalue weighted by Crippen LogP contribution is -2.02. The summed E-state index contributed by atoms with van der Waals surface area (Å²) in [7, 11) is 3.24. The molecule has 140 valence electrons. The minimum absolute atomic E-state index is 0.199. The fourth-order valence-corrected chi connectivity index (χ4v) is 4.44. The highest BCUT2D eigenvalue weighted by atomic mass is 32.1. The second-order valence-electron chi connectivity index (χ2n) is 5.81. The van der Waals surface area contributed by atoms with Crippen LogP contribution in [0.4, 0.5) is 0 Å². The molecule has 0 radical (unpaired) electrons. The highest BCUT2D eigenvalue weighted by Crippen LogP contribution is 2.34. The zero-order chi connectivity index (χ0) is 19.5. The molecule has 0 aliphatic heterocycles. The minimum Gasteiger partial charge on any atom is -0.496 e. The smallest absolute Gasteiger partial charge is 0.231 e. The molecule has 7 heteroatoms. The maximum Gasteiger partial charge on any atom is 0.231 e. The number of hydrogen-bond donors (Lipinski definition) is 0. The van der Waals surface area contributed by atoms with Crippen molar-refractivity contribution in [1.82, 2.24) is 9.97 Å². The molecule has 28 heavy (non-hydrogen) atoms. The average molecular weight is 409 g/mol. The number of carbonyl (C=O) groups is 1. The van der Waals surface area contributed by atoms with Crippen LogP contribution in [-0.4, -0.2) is 30.0 Å². The maximum absolute atomic E-state index is 12.9. The summed E-state index contributed by atoms with van der Waals surface area (Å²) in [6, 6.07) is 15.2. The van der Waals surface area contributed by atoms with Gasteiger partial charge in [-0.15, -0.1) is 22.7 Å². The van der Waals surface area contributed by atoms with Gasteiger partial charge in [0.15, 0.2) is 0 Å². The molecule has 0 amide bonds. The van der Waals surface area contributed by atoms with Crippen molar-refractivity contribution >= 4 is 28.5 Å². The van der Waals surface area contributed by atoms with Crippen LogP contribution in [-0.2, 0) is 0 Å². The van der Waals surface area contributed by atoms with E-state index in [1.165, 1.54) is 22.7 Å². The lowest BCUT2D eigenvalue weighted by molar-refractivity contribution is 0.103. The molecule has 0 atom stereocenters. The van der Waals surface area contributed by atoms with E-state index in [0.717, 1.165) is 32.6 Å². The zero-order valence-electron chi connectivity index (χ0n) is 15.2. The average Bonchev–Trinajstić information content (AvgIpc) is 3.43. The van der Waals surface area contributed by atoms with Gasteiger partial charge in [-0.3, -0.25) is 4.79 Å². The van der Waals surface area contributed by atoms with Crippen LogP contribution in [0.2, 0.25) is 0 Å². The number of benzene rings is 2. The van der Waals surface area contributed by atoms with Gasteiger partial charge in [0.05, 0.1) is 25.3 Å². The molecule has 2 aromatic carbocycles. The van der Waals surface area contributed by atoms with E-state index in [1.54, 1.807) is 25.0 Å². The second kappa shape index (κ2) is 7.92. The summed E-state index contributed by atoms with van der Waals surface area (Å²) in [6.07, 6.45) is 0. The van der Waals surface area contributed by atoms with Gasteiger partial charge in [-0.1, -0.05) is 24.3 Å². The first-order chi connectivity index (χ1) is 13.7. The van der Waals surface area contributed by atoms with Gasteiger partial charge in [-0.05, 0) is 24.3 Å². The van der Waals surface area contributed by atoms with Crippen LogP contribution >= 0.6 is 22.7 Å². The molecule has 0 N–H and O–H groups in total. The number of methoxy groups -OCH3 is 2. The van der Waals surface area contributed by atoms with Crippen molar-refractivity contribution in [3.63, 3.8) is 0 Å². The Balaban J connectivity index is 1.63. The maximum atomic E-state index is 12.9. The van der Waals surface area contributed by atoms with E-state index < -0.39 is 0 Å². The largest absolute Gasteiger partial charge is 0.496 e. The molecule has 4 rings (SSSR count). The highest BCUT2D eigenvalue weighted by Gasteiger charge is 2.19. The number of thiazole rings is 2. The summed E-state index contributed by atoms with van der Waals surface area (Å²) in [5, 5.41) is 4.99. The molecule has 0 saturated carbocycles. The first-order valence-electron chi connectivity index (χ1n) is 8.43. The molecule has 0 aliphatic rings. The Labute approximate surface area is 170 Å². The van der Waals surface area contributed by atoms with Gasteiger partial charge in [-0.2, -0.15) is 0 Å². The number of rotatable bonds is 6. The first kappa shape index (κ1) is 18.3. The normalized spacial score (nSPS) is 10.6. The minimum atomic E-state index is -0.199. The Morgan fingerprint density at radius 1 is 0.750 bits per heavy atom. The number of para-hydroxylation sites is 2. The van der Waals surface area contributed by atoms with Gasteiger partial charge < -0.3 is 9.47 Å². The van der Waals surface area contributed by atoms with Crippen molar-refractivity contribution < 1.29 is 14.3 Å². The number of ketones is 1. The Morgan fingerprint density at radius 2 is 1.18 bits per heavy atom. The summed E-state index contributed by atoms with van der Waals surface area (Å²) >= 11 is 2.82. The van der Waals surface area contributed by atoms with E-state index in [0.29, 0.717) is 11.4 Å². The van der Waals surface area contributed by atoms with Gasteiger partial charge in [0.1, 0.15) is 32.9 Å². The molecule has 2 heterocycles.